The molecule has 1 aliphatic carbocycles. The van der Waals surface area contributed by atoms with Gasteiger partial charge in [0, 0.05) is 23.5 Å². The number of aryl methyl sites for hydroxylation is 1. The first kappa shape index (κ1) is 15.0. The Hall–Kier alpha value is -0.900. The molecule has 1 aromatic heterocycles. The van der Waals surface area contributed by atoms with Gasteiger partial charge in [-0.2, -0.15) is 0 Å². The first-order chi connectivity index (χ1) is 10.2. The van der Waals surface area contributed by atoms with Crippen LogP contribution in [-0.2, 0) is 12.4 Å². The molecule has 1 aromatic carbocycles. The molecule has 0 atom stereocenters. The van der Waals surface area contributed by atoms with Crippen LogP contribution in [0.5, 0.6) is 0 Å². The summed E-state index contributed by atoms with van der Waals surface area (Å²) in [6.45, 7) is 3.24. The summed E-state index contributed by atoms with van der Waals surface area (Å²) in [5.74, 6) is 0.486. The van der Waals surface area contributed by atoms with Gasteiger partial charge < -0.3 is 0 Å². The molecule has 1 aliphatic rings. The van der Waals surface area contributed by atoms with Gasteiger partial charge in [0.2, 0.25) is 0 Å². The Kier molecular flexibility index (Phi) is 4.63. The van der Waals surface area contributed by atoms with Crippen LogP contribution in [0.3, 0.4) is 0 Å². The summed E-state index contributed by atoms with van der Waals surface area (Å²) >= 11 is 7.50. The zero-order chi connectivity index (χ0) is 14.8. The number of aromatic nitrogens is 1. The highest BCUT2D eigenvalue weighted by Gasteiger charge is 2.22. The van der Waals surface area contributed by atoms with Gasteiger partial charge in [0.25, 0.3) is 0 Å². The van der Waals surface area contributed by atoms with Crippen LogP contribution in [-0.4, -0.2) is 23.0 Å². The number of hydrogen-bond acceptors (Lipinski definition) is 3. The molecule has 2 nitrogen and oxygen atoms in total. The third-order valence-electron chi connectivity index (χ3n) is 4.40. The number of hydrogen-bond donors (Lipinski definition) is 0. The monoisotopic (exact) mass is 320 g/mol. The van der Waals surface area contributed by atoms with Gasteiger partial charge in [0.15, 0.2) is 0 Å². The lowest BCUT2D eigenvalue weighted by atomic mass is 9.91. The van der Waals surface area contributed by atoms with E-state index in [9.17, 15) is 0 Å². The normalized spacial score (nSPS) is 15.4. The van der Waals surface area contributed by atoms with Crippen molar-refractivity contribution in [3.05, 3.63) is 40.4 Å². The molecule has 0 amide bonds. The molecule has 1 heterocycles. The standard InChI is InChI=1S/C17H21ClN2S/c1-12-8-13(17-19-15(9-18)11-21-17)6-7-14(12)10-20(2)16-4-3-5-16/h6-8,11,16H,3-5,9-10H2,1-2H3. The van der Waals surface area contributed by atoms with Crippen molar-refractivity contribution >= 4 is 22.9 Å². The van der Waals surface area contributed by atoms with Crippen LogP contribution >= 0.6 is 22.9 Å². The molecule has 112 valence electrons. The smallest absolute Gasteiger partial charge is 0.123 e. The number of nitrogens with zero attached hydrogens (tertiary/aromatic N) is 2. The summed E-state index contributed by atoms with van der Waals surface area (Å²) < 4.78 is 0. The van der Waals surface area contributed by atoms with Crippen LogP contribution in [0.25, 0.3) is 10.6 Å². The van der Waals surface area contributed by atoms with E-state index in [1.807, 2.05) is 5.38 Å². The average molecular weight is 321 g/mol. The van der Waals surface area contributed by atoms with E-state index in [1.165, 1.54) is 36.0 Å². The molecule has 21 heavy (non-hydrogen) atoms. The second-order valence-electron chi connectivity index (χ2n) is 5.92. The Labute approximate surface area is 135 Å². The number of halogens is 1. The summed E-state index contributed by atoms with van der Waals surface area (Å²) in [6, 6.07) is 7.48. The number of alkyl halides is 1. The van der Waals surface area contributed by atoms with E-state index in [0.29, 0.717) is 5.88 Å². The molecule has 1 fully saturated rings. The summed E-state index contributed by atoms with van der Waals surface area (Å²) in [7, 11) is 2.24. The minimum Gasteiger partial charge on any atom is -0.299 e. The maximum absolute atomic E-state index is 5.83. The molecule has 2 aromatic rings. The first-order valence-corrected chi connectivity index (χ1v) is 8.89. The van der Waals surface area contributed by atoms with Gasteiger partial charge >= 0.3 is 0 Å². The number of rotatable bonds is 5. The zero-order valence-electron chi connectivity index (χ0n) is 12.6. The lowest BCUT2D eigenvalue weighted by Crippen LogP contribution is -2.36. The van der Waals surface area contributed by atoms with Crippen LogP contribution in [0, 0.1) is 6.92 Å². The second kappa shape index (κ2) is 6.47. The molecule has 1 saturated carbocycles. The van der Waals surface area contributed by atoms with E-state index < -0.39 is 0 Å². The molecule has 0 bridgehead atoms. The molecule has 0 unspecified atom stereocenters. The largest absolute Gasteiger partial charge is 0.299 e. The van der Waals surface area contributed by atoms with Crippen LogP contribution in [0.15, 0.2) is 23.6 Å². The van der Waals surface area contributed by atoms with E-state index in [-0.39, 0.29) is 0 Å². The second-order valence-corrected chi connectivity index (χ2v) is 7.04. The fourth-order valence-electron chi connectivity index (χ4n) is 2.73. The van der Waals surface area contributed by atoms with E-state index in [2.05, 4.69) is 42.1 Å². The maximum Gasteiger partial charge on any atom is 0.123 e. The van der Waals surface area contributed by atoms with Crippen molar-refractivity contribution in [1.29, 1.82) is 0 Å². The SMILES string of the molecule is Cc1cc(-c2nc(CCl)cs2)ccc1CN(C)C1CCC1. The lowest BCUT2D eigenvalue weighted by molar-refractivity contribution is 0.152. The quantitative estimate of drug-likeness (QED) is 0.733. The molecule has 3 rings (SSSR count). The Morgan fingerprint density at radius 3 is 2.76 bits per heavy atom. The first-order valence-electron chi connectivity index (χ1n) is 7.48. The van der Waals surface area contributed by atoms with Crippen molar-refractivity contribution in [1.82, 2.24) is 9.88 Å². The lowest BCUT2D eigenvalue weighted by Gasteiger charge is -2.35. The van der Waals surface area contributed by atoms with Crippen molar-refractivity contribution in [2.75, 3.05) is 7.05 Å². The third kappa shape index (κ3) is 3.31. The van der Waals surface area contributed by atoms with Gasteiger partial charge in [-0.15, -0.1) is 22.9 Å². The van der Waals surface area contributed by atoms with Crippen molar-refractivity contribution < 1.29 is 0 Å². The Bertz CT molecular complexity index is 619. The summed E-state index contributed by atoms with van der Waals surface area (Å²) in [4.78, 5) is 7.04. The highest BCUT2D eigenvalue weighted by Crippen LogP contribution is 2.28. The molecular formula is C17H21ClN2S. The van der Waals surface area contributed by atoms with Gasteiger partial charge in [-0.25, -0.2) is 4.98 Å². The summed E-state index contributed by atoms with van der Waals surface area (Å²) in [6.07, 6.45) is 4.10. The maximum atomic E-state index is 5.83. The minimum absolute atomic E-state index is 0.486. The summed E-state index contributed by atoms with van der Waals surface area (Å²) in [5, 5.41) is 3.10. The Morgan fingerprint density at radius 2 is 2.19 bits per heavy atom. The molecule has 0 N–H and O–H groups in total. The predicted molar refractivity (Wildman–Crippen MR) is 91.0 cm³/mol. The van der Waals surface area contributed by atoms with E-state index >= 15 is 0 Å². The van der Waals surface area contributed by atoms with Crippen LogP contribution in [0.2, 0.25) is 0 Å². The van der Waals surface area contributed by atoms with E-state index in [0.717, 1.165) is 23.3 Å². The van der Waals surface area contributed by atoms with Crippen molar-refractivity contribution in [3.8, 4) is 10.6 Å². The van der Waals surface area contributed by atoms with Gasteiger partial charge in [-0.1, -0.05) is 18.6 Å². The Balaban J connectivity index is 1.75. The molecule has 0 saturated heterocycles. The van der Waals surface area contributed by atoms with Gasteiger partial charge in [0.05, 0.1) is 11.6 Å². The number of benzene rings is 1. The number of thiazole rings is 1. The molecular weight excluding hydrogens is 300 g/mol. The average Bonchev–Trinajstić information content (AvgIpc) is 2.88. The van der Waals surface area contributed by atoms with Crippen molar-refractivity contribution in [2.24, 2.45) is 0 Å². The Morgan fingerprint density at radius 1 is 1.38 bits per heavy atom. The zero-order valence-corrected chi connectivity index (χ0v) is 14.2. The van der Waals surface area contributed by atoms with E-state index in [1.54, 1.807) is 11.3 Å². The van der Waals surface area contributed by atoms with Gasteiger partial charge in [-0.3, -0.25) is 4.90 Å². The summed E-state index contributed by atoms with van der Waals surface area (Å²) in [5.41, 5.74) is 4.93. The highest BCUT2D eigenvalue weighted by atomic mass is 35.5. The van der Waals surface area contributed by atoms with Crippen molar-refractivity contribution in [2.45, 2.75) is 44.7 Å². The molecule has 0 aliphatic heterocycles. The molecule has 0 radical (unpaired) electrons. The van der Waals surface area contributed by atoms with E-state index in [4.69, 9.17) is 11.6 Å². The fourth-order valence-corrected chi connectivity index (χ4v) is 3.78. The van der Waals surface area contributed by atoms with Gasteiger partial charge in [0.1, 0.15) is 5.01 Å². The highest BCUT2D eigenvalue weighted by molar-refractivity contribution is 7.13. The van der Waals surface area contributed by atoms with Crippen LogP contribution in [0.1, 0.15) is 36.1 Å². The minimum atomic E-state index is 0.486. The third-order valence-corrected chi connectivity index (χ3v) is 5.61. The van der Waals surface area contributed by atoms with Crippen LogP contribution < -0.4 is 0 Å². The molecule has 0 spiro atoms. The predicted octanol–water partition coefficient (Wildman–Crippen LogP) is 4.84. The fraction of sp³-hybridized carbons (Fsp3) is 0.471. The topological polar surface area (TPSA) is 16.1 Å². The molecule has 4 heteroatoms. The van der Waals surface area contributed by atoms with Crippen molar-refractivity contribution in [3.63, 3.8) is 0 Å². The van der Waals surface area contributed by atoms with Gasteiger partial charge in [-0.05, 0) is 44.0 Å². The van der Waals surface area contributed by atoms with Crippen LogP contribution in [0.4, 0.5) is 0 Å².